The van der Waals surface area contributed by atoms with Crippen LogP contribution in [0.3, 0.4) is 0 Å². The molecule has 0 bridgehead atoms. The van der Waals surface area contributed by atoms with Gasteiger partial charge in [-0.1, -0.05) is 5.21 Å². The van der Waals surface area contributed by atoms with Crippen LogP contribution in [0.25, 0.3) is 0 Å². The van der Waals surface area contributed by atoms with Crippen molar-refractivity contribution in [2.75, 3.05) is 19.8 Å². The predicted molar refractivity (Wildman–Crippen MR) is 65.0 cm³/mol. The number of rotatable bonds is 2. The standard InChI is InChI=1S/C12H20N4O2/c1-9(13)11-7-16(15-14-11)10-2-4-18-12(6-10)3-5-17-8-12/h7,9-10H,2-6,8,13H2,1H3. The van der Waals surface area contributed by atoms with Crippen molar-refractivity contribution in [1.29, 1.82) is 0 Å². The van der Waals surface area contributed by atoms with E-state index in [1.54, 1.807) is 0 Å². The lowest BCUT2D eigenvalue weighted by Crippen LogP contribution is -2.41. The van der Waals surface area contributed by atoms with Gasteiger partial charge in [-0.25, -0.2) is 4.68 Å². The molecule has 0 radical (unpaired) electrons. The van der Waals surface area contributed by atoms with Gasteiger partial charge in [-0.15, -0.1) is 5.10 Å². The smallest absolute Gasteiger partial charge is 0.0991 e. The number of hydrogen-bond acceptors (Lipinski definition) is 5. The van der Waals surface area contributed by atoms with E-state index in [2.05, 4.69) is 10.3 Å². The van der Waals surface area contributed by atoms with Crippen molar-refractivity contribution in [3.63, 3.8) is 0 Å². The van der Waals surface area contributed by atoms with Crippen LogP contribution in [0.4, 0.5) is 0 Å². The van der Waals surface area contributed by atoms with Gasteiger partial charge in [-0.05, 0) is 13.3 Å². The average Bonchev–Trinajstić information content (AvgIpc) is 2.98. The van der Waals surface area contributed by atoms with Gasteiger partial charge in [0.25, 0.3) is 0 Å². The van der Waals surface area contributed by atoms with Crippen LogP contribution in [0.15, 0.2) is 6.20 Å². The van der Waals surface area contributed by atoms with E-state index in [1.165, 1.54) is 0 Å². The first-order chi connectivity index (χ1) is 8.69. The molecule has 2 N–H and O–H groups in total. The monoisotopic (exact) mass is 252 g/mol. The van der Waals surface area contributed by atoms with Gasteiger partial charge >= 0.3 is 0 Å². The summed E-state index contributed by atoms with van der Waals surface area (Å²) in [4.78, 5) is 0. The third-order valence-corrected chi connectivity index (χ3v) is 3.90. The molecule has 0 amide bonds. The Bertz CT molecular complexity index is 412. The van der Waals surface area contributed by atoms with Crippen molar-refractivity contribution in [3.8, 4) is 0 Å². The highest BCUT2D eigenvalue weighted by Crippen LogP contribution is 2.37. The van der Waals surface area contributed by atoms with E-state index in [0.717, 1.165) is 38.2 Å². The van der Waals surface area contributed by atoms with Crippen LogP contribution in [0.1, 0.15) is 44.0 Å². The summed E-state index contributed by atoms with van der Waals surface area (Å²) < 4.78 is 13.3. The van der Waals surface area contributed by atoms with Crippen LogP contribution in [0.2, 0.25) is 0 Å². The molecule has 3 rings (SSSR count). The van der Waals surface area contributed by atoms with Crippen LogP contribution >= 0.6 is 0 Å². The largest absolute Gasteiger partial charge is 0.378 e. The maximum atomic E-state index is 5.92. The molecule has 3 heterocycles. The Kier molecular flexibility index (Phi) is 3.09. The molecule has 2 saturated heterocycles. The van der Waals surface area contributed by atoms with Gasteiger partial charge in [-0.2, -0.15) is 0 Å². The molecule has 2 aliphatic rings. The van der Waals surface area contributed by atoms with Crippen LogP contribution in [0, 0.1) is 0 Å². The summed E-state index contributed by atoms with van der Waals surface area (Å²) in [7, 11) is 0. The van der Waals surface area contributed by atoms with Gasteiger partial charge in [0.1, 0.15) is 0 Å². The van der Waals surface area contributed by atoms with Crippen LogP contribution < -0.4 is 5.73 Å². The van der Waals surface area contributed by atoms with Crippen LogP contribution in [-0.4, -0.2) is 40.4 Å². The van der Waals surface area contributed by atoms with E-state index in [-0.39, 0.29) is 11.6 Å². The van der Waals surface area contributed by atoms with Crippen LogP contribution in [0.5, 0.6) is 0 Å². The third-order valence-electron chi connectivity index (χ3n) is 3.90. The average molecular weight is 252 g/mol. The highest BCUT2D eigenvalue weighted by Gasteiger charge is 2.41. The van der Waals surface area contributed by atoms with Gasteiger partial charge in [0.2, 0.25) is 0 Å². The van der Waals surface area contributed by atoms with Gasteiger partial charge < -0.3 is 15.2 Å². The maximum Gasteiger partial charge on any atom is 0.0991 e. The first kappa shape index (κ1) is 12.1. The molecule has 2 fully saturated rings. The second-order valence-electron chi connectivity index (χ2n) is 5.39. The Hall–Kier alpha value is -0.980. The van der Waals surface area contributed by atoms with Crippen molar-refractivity contribution in [2.24, 2.45) is 5.73 Å². The lowest BCUT2D eigenvalue weighted by Gasteiger charge is -2.36. The summed E-state index contributed by atoms with van der Waals surface area (Å²) in [6.07, 6.45) is 4.88. The topological polar surface area (TPSA) is 75.2 Å². The highest BCUT2D eigenvalue weighted by molar-refractivity contribution is 5.00. The fourth-order valence-electron chi connectivity index (χ4n) is 2.77. The number of hydrogen-bond donors (Lipinski definition) is 1. The minimum atomic E-state index is -0.0939. The van der Waals surface area contributed by atoms with E-state index in [4.69, 9.17) is 15.2 Å². The minimum Gasteiger partial charge on any atom is -0.378 e. The zero-order chi connectivity index (χ0) is 12.6. The molecule has 6 nitrogen and oxygen atoms in total. The number of aromatic nitrogens is 3. The molecular weight excluding hydrogens is 232 g/mol. The van der Waals surface area contributed by atoms with E-state index >= 15 is 0 Å². The van der Waals surface area contributed by atoms with Crippen LogP contribution in [-0.2, 0) is 9.47 Å². The van der Waals surface area contributed by atoms with Crippen molar-refractivity contribution >= 4 is 0 Å². The second kappa shape index (κ2) is 4.60. The molecule has 0 saturated carbocycles. The van der Waals surface area contributed by atoms with Crippen molar-refractivity contribution < 1.29 is 9.47 Å². The van der Waals surface area contributed by atoms with Crippen molar-refractivity contribution in [1.82, 2.24) is 15.0 Å². The SMILES string of the molecule is CC(N)c1cn(C2CCOC3(CCOC3)C2)nn1. The minimum absolute atomic E-state index is 0.0673. The number of ether oxygens (including phenoxy) is 2. The Labute approximate surface area is 106 Å². The lowest BCUT2D eigenvalue weighted by atomic mass is 9.90. The molecular formula is C12H20N4O2. The van der Waals surface area contributed by atoms with E-state index in [9.17, 15) is 0 Å². The van der Waals surface area contributed by atoms with Crippen molar-refractivity contribution in [3.05, 3.63) is 11.9 Å². The molecule has 3 atom stereocenters. The lowest BCUT2D eigenvalue weighted by molar-refractivity contribution is -0.0964. The predicted octanol–water partition coefficient (Wildman–Crippen LogP) is 0.808. The summed E-state index contributed by atoms with van der Waals surface area (Å²) in [6.45, 7) is 4.19. The molecule has 0 aromatic carbocycles. The molecule has 18 heavy (non-hydrogen) atoms. The number of nitrogens with two attached hydrogens (primary N) is 1. The zero-order valence-corrected chi connectivity index (χ0v) is 10.7. The molecule has 100 valence electrons. The zero-order valence-electron chi connectivity index (χ0n) is 10.7. The Morgan fingerprint density at radius 1 is 1.56 bits per heavy atom. The summed E-state index contributed by atoms with van der Waals surface area (Å²) in [5, 5.41) is 8.33. The second-order valence-corrected chi connectivity index (χ2v) is 5.39. The fourth-order valence-corrected chi connectivity index (χ4v) is 2.77. The molecule has 6 heteroatoms. The van der Waals surface area contributed by atoms with Gasteiger partial charge in [0.15, 0.2) is 0 Å². The van der Waals surface area contributed by atoms with E-state index in [0.29, 0.717) is 12.6 Å². The molecule has 1 aromatic rings. The molecule has 3 unspecified atom stereocenters. The molecule has 1 aromatic heterocycles. The first-order valence-electron chi connectivity index (χ1n) is 6.58. The Balaban J connectivity index is 1.75. The van der Waals surface area contributed by atoms with Gasteiger partial charge in [0, 0.05) is 32.1 Å². The first-order valence-corrected chi connectivity index (χ1v) is 6.58. The summed E-state index contributed by atoms with van der Waals surface area (Å²) >= 11 is 0. The van der Waals surface area contributed by atoms with E-state index in [1.807, 2.05) is 17.8 Å². The molecule has 2 aliphatic heterocycles. The Morgan fingerprint density at radius 3 is 3.11 bits per heavy atom. The van der Waals surface area contributed by atoms with Gasteiger partial charge in [-0.3, -0.25) is 0 Å². The molecule has 1 spiro atoms. The third kappa shape index (κ3) is 2.15. The maximum absolute atomic E-state index is 5.92. The molecule has 0 aliphatic carbocycles. The normalized spacial score (nSPS) is 34.0. The summed E-state index contributed by atoms with van der Waals surface area (Å²) in [6, 6.07) is 0.280. The van der Waals surface area contributed by atoms with Gasteiger partial charge in [0.05, 0.1) is 30.1 Å². The Morgan fingerprint density at radius 2 is 2.44 bits per heavy atom. The fraction of sp³-hybridized carbons (Fsp3) is 0.833. The summed E-state index contributed by atoms with van der Waals surface area (Å²) in [5.41, 5.74) is 6.56. The summed E-state index contributed by atoms with van der Waals surface area (Å²) in [5.74, 6) is 0. The van der Waals surface area contributed by atoms with E-state index < -0.39 is 0 Å². The number of nitrogens with zero attached hydrogens (tertiary/aromatic N) is 3. The highest BCUT2D eigenvalue weighted by atomic mass is 16.6. The quantitative estimate of drug-likeness (QED) is 0.843. The van der Waals surface area contributed by atoms with Crippen molar-refractivity contribution in [2.45, 2.75) is 43.9 Å².